The SMILES string of the molecule is CN(C(=O)C(F)(F)F)c1ccc(Oc2ccnc(C#N)c2)cc1[N+](=O)[O-].COc1ccnc(C#N)c1.N#Cc1cc(Oc2ccc(NC(=O)C(F)(F)F)c([N+](=O)[O-])c2)ccn1.Nc1ccccc1[N+](=O)[O-]. The minimum absolute atomic E-state index is 0.0394. The number of nitriles is 3. The second-order valence-electron chi connectivity index (χ2n) is 12.8. The topological polar surface area (TPSA) is 343 Å². The van der Waals surface area contributed by atoms with Gasteiger partial charge in [0.05, 0.1) is 34.0 Å². The quantitative estimate of drug-likeness (QED) is 0.0562. The molecule has 0 spiro atoms. The molecular formula is C42H28F6N12O11. The molecule has 23 nitrogen and oxygen atoms in total. The molecule has 364 valence electrons. The highest BCUT2D eigenvalue weighted by Gasteiger charge is 2.43. The van der Waals surface area contributed by atoms with Crippen LogP contribution in [-0.4, -0.2) is 68.0 Å². The number of carbonyl (C=O) groups is 2. The molecule has 3 aromatic heterocycles. The van der Waals surface area contributed by atoms with Gasteiger partial charge in [0.15, 0.2) is 0 Å². The molecule has 0 fully saturated rings. The summed E-state index contributed by atoms with van der Waals surface area (Å²) in [7, 11) is 2.33. The minimum Gasteiger partial charge on any atom is -0.497 e. The van der Waals surface area contributed by atoms with Crippen molar-refractivity contribution < 1.29 is 64.9 Å². The number of hydrogen-bond donors (Lipinski definition) is 2. The van der Waals surface area contributed by atoms with Gasteiger partial charge in [-0.25, -0.2) is 15.0 Å². The number of nitrogens with zero attached hydrogens (tertiary/aromatic N) is 10. The lowest BCUT2D eigenvalue weighted by atomic mass is 10.2. The number of nitrogens with one attached hydrogen (secondary N) is 1. The van der Waals surface area contributed by atoms with Crippen molar-refractivity contribution in [3.05, 3.63) is 163 Å². The summed E-state index contributed by atoms with van der Waals surface area (Å²) >= 11 is 0. The molecular weight excluding hydrogens is 963 g/mol. The van der Waals surface area contributed by atoms with Crippen molar-refractivity contribution in [3.8, 4) is 47.0 Å². The van der Waals surface area contributed by atoms with Gasteiger partial charge < -0.3 is 30.2 Å². The van der Waals surface area contributed by atoms with E-state index >= 15 is 0 Å². The third-order valence-corrected chi connectivity index (χ3v) is 8.10. The van der Waals surface area contributed by atoms with E-state index in [0.717, 1.165) is 43.4 Å². The summed E-state index contributed by atoms with van der Waals surface area (Å²) in [5.74, 6) is -3.77. The van der Waals surface area contributed by atoms with Crippen molar-refractivity contribution in [2.45, 2.75) is 12.4 Å². The second-order valence-corrected chi connectivity index (χ2v) is 12.8. The number of amides is 2. The molecule has 0 aliphatic rings. The fourth-order valence-corrected chi connectivity index (χ4v) is 4.92. The summed E-state index contributed by atoms with van der Waals surface area (Å²) in [6.07, 6.45) is -6.26. The van der Waals surface area contributed by atoms with Gasteiger partial charge in [0.2, 0.25) is 0 Å². The average molecular weight is 991 g/mol. The molecule has 2 amide bonds. The van der Waals surface area contributed by atoms with Gasteiger partial charge >= 0.3 is 24.2 Å². The van der Waals surface area contributed by atoms with Crippen LogP contribution in [0.5, 0.6) is 28.7 Å². The van der Waals surface area contributed by atoms with Gasteiger partial charge in [0.25, 0.3) is 17.1 Å². The predicted octanol–water partition coefficient (Wildman–Crippen LogP) is 8.47. The first-order valence-corrected chi connectivity index (χ1v) is 18.7. The number of benzene rings is 3. The zero-order chi connectivity index (χ0) is 53.1. The molecule has 0 radical (unpaired) electrons. The molecule has 6 rings (SSSR count). The zero-order valence-electron chi connectivity index (χ0n) is 35.8. The maximum Gasteiger partial charge on any atom is 0.471 e. The van der Waals surface area contributed by atoms with Gasteiger partial charge in [0.1, 0.15) is 81.1 Å². The van der Waals surface area contributed by atoms with E-state index in [1.165, 1.54) is 60.3 Å². The summed E-state index contributed by atoms with van der Waals surface area (Å²) in [5.41, 5.74) is 3.19. The summed E-state index contributed by atoms with van der Waals surface area (Å²) in [5, 5.41) is 59.7. The Labute approximate surface area is 393 Å². The second kappa shape index (κ2) is 24.9. The van der Waals surface area contributed by atoms with Crippen LogP contribution in [-0.2, 0) is 9.59 Å². The number of anilines is 3. The molecule has 0 aliphatic carbocycles. The van der Waals surface area contributed by atoms with E-state index in [0.29, 0.717) is 11.4 Å². The largest absolute Gasteiger partial charge is 0.497 e. The number of para-hydroxylation sites is 2. The van der Waals surface area contributed by atoms with E-state index in [9.17, 15) is 66.3 Å². The molecule has 29 heteroatoms. The predicted molar refractivity (Wildman–Crippen MR) is 231 cm³/mol. The van der Waals surface area contributed by atoms with E-state index < -0.39 is 61.7 Å². The first kappa shape index (κ1) is 54.8. The Balaban J connectivity index is 0.000000272. The third kappa shape index (κ3) is 16.7. The van der Waals surface area contributed by atoms with Crippen molar-refractivity contribution in [1.82, 2.24) is 15.0 Å². The van der Waals surface area contributed by atoms with Crippen molar-refractivity contribution in [2.75, 3.05) is 30.1 Å². The van der Waals surface area contributed by atoms with Crippen LogP contribution < -0.4 is 30.2 Å². The van der Waals surface area contributed by atoms with Crippen LogP contribution in [0.1, 0.15) is 17.1 Å². The molecule has 3 aromatic carbocycles. The van der Waals surface area contributed by atoms with Gasteiger partial charge in [-0.3, -0.25) is 39.9 Å². The molecule has 0 unspecified atom stereocenters. The monoisotopic (exact) mass is 990 g/mol. The standard InChI is InChI=1S/C15H9F3N4O4.C14H7F3N4O4.C7H6N2O.C6H6N2O2/c1-21(14(23)15(16,17)18)12-3-2-10(7-13(12)22(24)25)26-11-4-5-20-9(6-11)8-19;15-14(16,17)13(22)20-11-2-1-9(6-12(11)21(23)24)25-10-3-4-19-8(5-10)7-18;1-10-7-2-3-9-6(4-7)5-8;7-5-3-1-2-4-6(5)8(9)10/h2-7H,1H3;1-6H,(H,20,22);2-4H,1H3;1-4H,7H2. The number of ether oxygens (including phenoxy) is 3. The Bertz CT molecular complexity index is 3070. The van der Waals surface area contributed by atoms with Crippen molar-refractivity contribution >= 4 is 45.9 Å². The number of halogens is 6. The van der Waals surface area contributed by atoms with Gasteiger partial charge in [-0.05, 0) is 48.5 Å². The first-order chi connectivity index (χ1) is 33.4. The van der Waals surface area contributed by atoms with E-state index in [1.807, 2.05) is 6.07 Å². The Hall–Kier alpha value is -10.5. The van der Waals surface area contributed by atoms with Crippen LogP contribution in [0.15, 0.2) is 116 Å². The van der Waals surface area contributed by atoms with Crippen LogP contribution >= 0.6 is 0 Å². The Morgan fingerprint density at radius 1 is 0.620 bits per heavy atom. The molecule has 0 saturated carbocycles. The van der Waals surface area contributed by atoms with Crippen LogP contribution in [0.4, 0.5) is 60.5 Å². The maximum atomic E-state index is 12.5. The Kier molecular flexibility index (Phi) is 19.2. The fraction of sp³-hybridized carbons (Fsp3) is 0.0952. The number of nitrogens with two attached hydrogens (primary N) is 1. The highest BCUT2D eigenvalue weighted by Crippen LogP contribution is 2.36. The van der Waals surface area contributed by atoms with E-state index in [2.05, 4.69) is 15.0 Å². The molecule has 6 aromatic rings. The van der Waals surface area contributed by atoms with Gasteiger partial charge in [-0.1, -0.05) is 12.1 Å². The van der Waals surface area contributed by atoms with E-state index in [4.69, 9.17) is 35.7 Å². The molecule has 0 aliphatic heterocycles. The number of nitrogen functional groups attached to an aromatic ring is 1. The normalized spacial score (nSPS) is 10.2. The molecule has 0 saturated heterocycles. The van der Waals surface area contributed by atoms with Gasteiger partial charge in [-0.15, -0.1) is 0 Å². The highest BCUT2D eigenvalue weighted by molar-refractivity contribution is 5.99. The Morgan fingerprint density at radius 3 is 1.45 bits per heavy atom. The zero-order valence-corrected chi connectivity index (χ0v) is 35.8. The smallest absolute Gasteiger partial charge is 0.471 e. The number of pyridine rings is 3. The lowest BCUT2D eigenvalue weighted by Gasteiger charge is -2.19. The lowest BCUT2D eigenvalue weighted by molar-refractivity contribution is -0.384. The number of alkyl halides is 6. The van der Waals surface area contributed by atoms with E-state index in [-0.39, 0.29) is 50.7 Å². The summed E-state index contributed by atoms with van der Waals surface area (Å²) in [6.45, 7) is 0. The number of carbonyl (C=O) groups excluding carboxylic acids is 2. The number of rotatable bonds is 10. The average Bonchev–Trinajstić information content (AvgIpc) is 3.34. The minimum atomic E-state index is -5.19. The first-order valence-electron chi connectivity index (χ1n) is 18.7. The summed E-state index contributed by atoms with van der Waals surface area (Å²) < 4.78 is 89.9. The number of aromatic nitrogens is 3. The van der Waals surface area contributed by atoms with Crippen molar-refractivity contribution in [3.63, 3.8) is 0 Å². The summed E-state index contributed by atoms with van der Waals surface area (Å²) in [6, 6.07) is 26.0. The molecule has 71 heavy (non-hydrogen) atoms. The molecule has 0 bridgehead atoms. The van der Waals surface area contributed by atoms with Crippen molar-refractivity contribution in [1.29, 1.82) is 15.8 Å². The molecule has 3 N–H and O–H groups in total. The van der Waals surface area contributed by atoms with Crippen LogP contribution in [0.2, 0.25) is 0 Å². The van der Waals surface area contributed by atoms with Crippen LogP contribution in [0.3, 0.4) is 0 Å². The van der Waals surface area contributed by atoms with Gasteiger partial charge in [-0.2, -0.15) is 42.1 Å². The molecule has 3 heterocycles. The number of nitro benzene ring substituents is 3. The van der Waals surface area contributed by atoms with Crippen molar-refractivity contribution in [2.24, 2.45) is 0 Å². The maximum absolute atomic E-state index is 12.5. The number of hydrogen-bond acceptors (Lipinski definition) is 18. The summed E-state index contributed by atoms with van der Waals surface area (Å²) in [4.78, 5) is 63.5. The lowest BCUT2D eigenvalue weighted by Crippen LogP contribution is -2.38. The van der Waals surface area contributed by atoms with Crippen LogP contribution in [0.25, 0.3) is 0 Å². The fourth-order valence-electron chi connectivity index (χ4n) is 4.92. The molecule has 0 atom stereocenters. The number of methoxy groups -OCH3 is 1. The third-order valence-electron chi connectivity index (χ3n) is 8.10. The van der Waals surface area contributed by atoms with Crippen LogP contribution in [0, 0.1) is 64.3 Å². The Morgan fingerprint density at radius 2 is 1.04 bits per heavy atom. The number of nitro groups is 3. The van der Waals surface area contributed by atoms with Gasteiger partial charge in [0, 0.05) is 49.9 Å². The highest BCUT2D eigenvalue weighted by atomic mass is 19.4. The van der Waals surface area contributed by atoms with E-state index in [1.54, 1.807) is 43.5 Å².